The van der Waals surface area contributed by atoms with E-state index in [1.807, 2.05) is 72.8 Å². The summed E-state index contributed by atoms with van der Waals surface area (Å²) in [5.74, 6) is -0.0679. The fourth-order valence-corrected chi connectivity index (χ4v) is 2.80. The summed E-state index contributed by atoms with van der Waals surface area (Å²) < 4.78 is 5.83. The van der Waals surface area contributed by atoms with Crippen LogP contribution in [0.1, 0.15) is 5.56 Å². The fourth-order valence-electron chi connectivity index (χ4n) is 2.68. The molecule has 5 heteroatoms. The highest BCUT2D eigenvalue weighted by molar-refractivity contribution is 6.30. The van der Waals surface area contributed by atoms with Gasteiger partial charge in [-0.25, -0.2) is 4.90 Å². The van der Waals surface area contributed by atoms with Crippen LogP contribution in [-0.4, -0.2) is 11.9 Å². The number of halogens is 1. The molecule has 0 saturated carbocycles. The third-order valence-electron chi connectivity index (χ3n) is 3.97. The number of hydrogen-bond acceptors (Lipinski definition) is 3. The number of para-hydroxylation sites is 2. The van der Waals surface area contributed by atoms with Crippen LogP contribution in [0.25, 0.3) is 6.08 Å². The Bertz CT molecular complexity index is 1010. The van der Waals surface area contributed by atoms with E-state index in [1.165, 1.54) is 4.90 Å². The summed E-state index contributed by atoms with van der Waals surface area (Å²) in [7, 11) is 0. The number of nitrogens with zero attached hydrogens (tertiary/aromatic N) is 2. The molecule has 0 bridgehead atoms. The van der Waals surface area contributed by atoms with E-state index < -0.39 is 0 Å². The highest BCUT2D eigenvalue weighted by Gasteiger charge is 2.36. The van der Waals surface area contributed by atoms with Crippen LogP contribution >= 0.6 is 11.6 Å². The first-order valence-electron chi connectivity index (χ1n) is 8.39. The number of amidine groups is 1. The van der Waals surface area contributed by atoms with Crippen molar-refractivity contribution in [2.75, 3.05) is 4.90 Å². The summed E-state index contributed by atoms with van der Waals surface area (Å²) in [5.41, 5.74) is 2.21. The van der Waals surface area contributed by atoms with Crippen LogP contribution in [0.15, 0.2) is 95.7 Å². The SMILES string of the molecule is O=C1/C(=C\c2ccc(Cl)cc2)O/C(=N\c2ccccc2)N1c1ccccc1. The Hall–Kier alpha value is -3.37. The zero-order valence-corrected chi connectivity index (χ0v) is 15.0. The van der Waals surface area contributed by atoms with Gasteiger partial charge in [-0.1, -0.05) is 60.1 Å². The van der Waals surface area contributed by atoms with Crippen LogP contribution in [0.3, 0.4) is 0 Å². The van der Waals surface area contributed by atoms with Crippen LogP contribution in [0.2, 0.25) is 5.02 Å². The molecule has 27 heavy (non-hydrogen) atoms. The molecule has 0 spiro atoms. The Morgan fingerprint density at radius 2 is 1.48 bits per heavy atom. The molecule has 4 rings (SSSR count). The van der Waals surface area contributed by atoms with E-state index in [1.54, 1.807) is 18.2 Å². The number of amides is 1. The Labute approximate surface area is 162 Å². The summed E-state index contributed by atoms with van der Waals surface area (Å²) >= 11 is 5.93. The Balaban J connectivity index is 1.76. The lowest BCUT2D eigenvalue weighted by molar-refractivity contribution is -0.114. The Morgan fingerprint density at radius 1 is 0.852 bits per heavy atom. The smallest absolute Gasteiger partial charge is 0.310 e. The number of benzene rings is 3. The number of anilines is 1. The lowest BCUT2D eigenvalue weighted by atomic mass is 10.2. The van der Waals surface area contributed by atoms with Crippen LogP contribution in [0.4, 0.5) is 11.4 Å². The molecule has 3 aromatic rings. The van der Waals surface area contributed by atoms with Crippen LogP contribution in [-0.2, 0) is 9.53 Å². The lowest BCUT2D eigenvalue weighted by Gasteiger charge is -2.13. The molecule has 1 aliphatic heterocycles. The molecule has 1 heterocycles. The summed E-state index contributed by atoms with van der Waals surface area (Å²) in [6, 6.07) is 26.1. The molecule has 1 saturated heterocycles. The second-order valence-corrected chi connectivity index (χ2v) is 6.30. The zero-order chi connectivity index (χ0) is 18.6. The standard InChI is InChI=1S/C22H15ClN2O2/c23-17-13-11-16(12-14-17)15-20-21(26)25(19-9-5-2-6-10-19)22(27-20)24-18-7-3-1-4-8-18/h1-15H/b20-15+,24-22-. The highest BCUT2D eigenvalue weighted by Crippen LogP contribution is 2.28. The summed E-state index contributed by atoms with van der Waals surface area (Å²) in [6.45, 7) is 0. The first-order valence-corrected chi connectivity index (χ1v) is 8.77. The molecular weight excluding hydrogens is 360 g/mol. The van der Waals surface area contributed by atoms with Crippen molar-refractivity contribution in [1.29, 1.82) is 0 Å². The maximum atomic E-state index is 13.0. The minimum absolute atomic E-state index is 0.204. The van der Waals surface area contributed by atoms with Crippen molar-refractivity contribution in [3.05, 3.63) is 101 Å². The second kappa shape index (κ2) is 7.48. The largest absolute Gasteiger partial charge is 0.419 e. The van der Waals surface area contributed by atoms with Gasteiger partial charge in [0.2, 0.25) is 0 Å². The normalized spacial score (nSPS) is 16.8. The summed E-state index contributed by atoms with van der Waals surface area (Å²) in [4.78, 5) is 19.0. The van der Waals surface area contributed by atoms with Crippen molar-refractivity contribution in [3.8, 4) is 0 Å². The van der Waals surface area contributed by atoms with Crippen molar-refractivity contribution in [1.82, 2.24) is 0 Å². The molecule has 0 aliphatic carbocycles. The molecule has 4 nitrogen and oxygen atoms in total. The molecule has 132 valence electrons. The maximum absolute atomic E-state index is 13.0. The van der Waals surface area contributed by atoms with Gasteiger partial charge in [0.25, 0.3) is 0 Å². The summed E-state index contributed by atoms with van der Waals surface area (Å²) in [5, 5.41) is 0.632. The first kappa shape index (κ1) is 17.1. The number of hydrogen-bond donors (Lipinski definition) is 0. The van der Waals surface area contributed by atoms with E-state index in [0.717, 1.165) is 5.56 Å². The summed E-state index contributed by atoms with van der Waals surface area (Å²) in [6.07, 6.45) is 1.68. The first-order chi connectivity index (χ1) is 13.2. The van der Waals surface area contributed by atoms with Crippen molar-refractivity contribution in [2.24, 2.45) is 4.99 Å². The second-order valence-electron chi connectivity index (χ2n) is 5.87. The van der Waals surface area contributed by atoms with Gasteiger partial charge in [0.1, 0.15) is 0 Å². The van der Waals surface area contributed by atoms with Gasteiger partial charge in [0.05, 0.1) is 11.4 Å². The minimum atomic E-state index is -0.272. The molecule has 1 amide bonds. The number of rotatable bonds is 3. The lowest BCUT2D eigenvalue weighted by Crippen LogP contribution is -2.29. The van der Waals surface area contributed by atoms with Crippen LogP contribution in [0, 0.1) is 0 Å². The van der Waals surface area contributed by atoms with E-state index >= 15 is 0 Å². The number of carbonyl (C=O) groups excluding carboxylic acids is 1. The predicted octanol–water partition coefficient (Wildman–Crippen LogP) is 5.43. The van der Waals surface area contributed by atoms with Gasteiger partial charge >= 0.3 is 11.9 Å². The van der Waals surface area contributed by atoms with Crippen molar-refractivity contribution in [2.45, 2.75) is 0 Å². The molecule has 1 fully saturated rings. The zero-order valence-electron chi connectivity index (χ0n) is 14.2. The third-order valence-corrected chi connectivity index (χ3v) is 4.22. The average molecular weight is 375 g/mol. The van der Waals surface area contributed by atoms with E-state index in [9.17, 15) is 4.79 Å². The molecule has 0 aromatic heterocycles. The third kappa shape index (κ3) is 3.76. The van der Waals surface area contributed by atoms with E-state index in [2.05, 4.69) is 4.99 Å². The average Bonchev–Trinajstić information content (AvgIpc) is 3.00. The highest BCUT2D eigenvalue weighted by atomic mass is 35.5. The topological polar surface area (TPSA) is 41.9 Å². The van der Waals surface area contributed by atoms with Crippen molar-refractivity contribution in [3.63, 3.8) is 0 Å². The van der Waals surface area contributed by atoms with Gasteiger partial charge in [-0.05, 0) is 48.0 Å². The van der Waals surface area contributed by atoms with Gasteiger partial charge in [0.15, 0.2) is 5.76 Å². The van der Waals surface area contributed by atoms with Crippen LogP contribution in [0.5, 0.6) is 0 Å². The van der Waals surface area contributed by atoms with E-state index in [4.69, 9.17) is 16.3 Å². The van der Waals surface area contributed by atoms with E-state index in [-0.39, 0.29) is 17.7 Å². The van der Waals surface area contributed by atoms with Gasteiger partial charge in [-0.3, -0.25) is 4.79 Å². The van der Waals surface area contributed by atoms with Gasteiger partial charge in [-0.15, -0.1) is 0 Å². The number of ether oxygens (including phenoxy) is 1. The predicted molar refractivity (Wildman–Crippen MR) is 108 cm³/mol. The number of aliphatic imine (C=N–C) groups is 1. The molecule has 3 aromatic carbocycles. The number of carbonyl (C=O) groups is 1. The Morgan fingerprint density at radius 3 is 2.15 bits per heavy atom. The van der Waals surface area contributed by atoms with Gasteiger partial charge in [0, 0.05) is 5.02 Å². The molecule has 0 atom stereocenters. The minimum Gasteiger partial charge on any atom is -0.419 e. The maximum Gasteiger partial charge on any atom is 0.310 e. The molecule has 0 unspecified atom stereocenters. The van der Waals surface area contributed by atoms with Crippen LogP contribution < -0.4 is 4.90 Å². The quantitative estimate of drug-likeness (QED) is 0.573. The monoisotopic (exact) mass is 374 g/mol. The van der Waals surface area contributed by atoms with Crippen molar-refractivity contribution >= 4 is 41.0 Å². The fraction of sp³-hybridized carbons (Fsp3) is 0. The molecular formula is C22H15ClN2O2. The van der Waals surface area contributed by atoms with E-state index in [0.29, 0.717) is 16.4 Å². The molecule has 1 aliphatic rings. The van der Waals surface area contributed by atoms with Gasteiger partial charge < -0.3 is 4.74 Å². The van der Waals surface area contributed by atoms with Crippen molar-refractivity contribution < 1.29 is 9.53 Å². The molecule has 0 N–H and O–H groups in total. The van der Waals surface area contributed by atoms with Gasteiger partial charge in [-0.2, -0.15) is 4.99 Å². The molecule has 0 radical (unpaired) electrons. The Kier molecular flexibility index (Phi) is 4.73.